The van der Waals surface area contributed by atoms with Gasteiger partial charge in [-0.1, -0.05) is 4.49 Å². The maximum absolute atomic E-state index is 11.1. The molecule has 76 valence electrons. The monoisotopic (exact) mass is 212 g/mol. The van der Waals surface area contributed by atoms with E-state index in [0.717, 1.165) is 25.1 Å². The van der Waals surface area contributed by atoms with Gasteiger partial charge in [-0.3, -0.25) is 9.69 Å². The zero-order valence-corrected chi connectivity index (χ0v) is 8.54. The summed E-state index contributed by atoms with van der Waals surface area (Å²) in [5, 5.41) is 5.85. The topological polar surface area (TPSA) is 72.1 Å². The second kappa shape index (κ2) is 4.02. The number of aromatic nitrogens is 2. The van der Waals surface area contributed by atoms with Gasteiger partial charge in [0.05, 0.1) is 11.7 Å². The van der Waals surface area contributed by atoms with Gasteiger partial charge < -0.3 is 5.73 Å². The number of carbonyl (C=O) groups excluding carboxylic acids is 1. The number of rotatable bonds is 3. The minimum Gasteiger partial charge on any atom is -0.368 e. The number of likely N-dealkylation sites (tertiary alicyclic amines) is 1. The highest BCUT2D eigenvalue weighted by atomic mass is 32.1. The molecule has 2 N–H and O–H groups in total. The summed E-state index contributed by atoms with van der Waals surface area (Å²) in [5.74, 6) is -0.231. The molecule has 1 fully saturated rings. The fourth-order valence-electron chi connectivity index (χ4n) is 1.80. The molecule has 0 unspecified atom stereocenters. The minimum atomic E-state index is -0.231. The maximum Gasteiger partial charge on any atom is 0.234 e. The third-order valence-corrected chi connectivity index (χ3v) is 3.02. The van der Waals surface area contributed by atoms with Gasteiger partial charge in [-0.05, 0) is 30.9 Å². The normalized spacial score (nSPS) is 22.7. The first-order valence-electron chi connectivity index (χ1n) is 4.56. The molecule has 1 aromatic rings. The third-order valence-electron chi connectivity index (χ3n) is 2.46. The molecular weight excluding hydrogens is 200 g/mol. The Balaban J connectivity index is 2.00. The van der Waals surface area contributed by atoms with E-state index in [0.29, 0.717) is 6.54 Å². The third kappa shape index (κ3) is 1.91. The molecule has 5 nitrogen and oxygen atoms in total. The van der Waals surface area contributed by atoms with E-state index in [-0.39, 0.29) is 11.9 Å². The lowest BCUT2D eigenvalue weighted by atomic mass is 10.2. The number of nitrogens with two attached hydrogens (primary N) is 1. The first-order chi connectivity index (χ1) is 6.77. The highest BCUT2D eigenvalue weighted by molar-refractivity contribution is 7.03. The molecule has 6 heteroatoms. The van der Waals surface area contributed by atoms with Crippen LogP contribution < -0.4 is 5.73 Å². The Morgan fingerprint density at radius 3 is 3.29 bits per heavy atom. The van der Waals surface area contributed by atoms with E-state index < -0.39 is 0 Å². The van der Waals surface area contributed by atoms with Gasteiger partial charge in [0, 0.05) is 11.9 Å². The minimum absolute atomic E-state index is 0.114. The van der Waals surface area contributed by atoms with Crippen molar-refractivity contribution in [3.8, 4) is 0 Å². The Hall–Kier alpha value is -1.01. The zero-order valence-electron chi connectivity index (χ0n) is 7.72. The average Bonchev–Trinajstić information content (AvgIpc) is 2.75. The molecule has 14 heavy (non-hydrogen) atoms. The van der Waals surface area contributed by atoms with Crippen LogP contribution in [0.3, 0.4) is 0 Å². The Morgan fingerprint density at radius 1 is 1.79 bits per heavy atom. The van der Waals surface area contributed by atoms with Gasteiger partial charge in [0.15, 0.2) is 0 Å². The van der Waals surface area contributed by atoms with Crippen molar-refractivity contribution in [3.63, 3.8) is 0 Å². The predicted molar refractivity (Wildman–Crippen MR) is 52.5 cm³/mol. The average molecular weight is 212 g/mol. The molecule has 1 aliphatic heterocycles. The quantitative estimate of drug-likeness (QED) is 0.764. The molecule has 1 saturated heterocycles. The summed E-state index contributed by atoms with van der Waals surface area (Å²) in [5.41, 5.74) is 6.22. The summed E-state index contributed by atoms with van der Waals surface area (Å²) in [6.07, 6.45) is 1.90. The standard InChI is InChI=1S/C8H12N4OS/c9-8(13)7-2-1-3-12(7)4-6-5-14-11-10-6/h5,7H,1-4H2,(H2,9,13)/t7-/m0/s1. The molecule has 0 radical (unpaired) electrons. The van der Waals surface area contributed by atoms with Gasteiger partial charge in [-0.15, -0.1) is 5.10 Å². The molecule has 1 amide bonds. The van der Waals surface area contributed by atoms with Crippen LogP contribution in [0.4, 0.5) is 0 Å². The Kier molecular flexibility index (Phi) is 2.74. The number of hydrogen-bond acceptors (Lipinski definition) is 5. The van der Waals surface area contributed by atoms with Crippen molar-refractivity contribution >= 4 is 17.4 Å². The molecule has 1 aliphatic rings. The summed E-state index contributed by atoms with van der Waals surface area (Å²) in [6, 6.07) is -0.114. The summed E-state index contributed by atoms with van der Waals surface area (Å²) in [4.78, 5) is 13.2. The number of carbonyl (C=O) groups is 1. The van der Waals surface area contributed by atoms with Crippen LogP contribution in [0.25, 0.3) is 0 Å². The van der Waals surface area contributed by atoms with Crippen molar-refractivity contribution in [3.05, 3.63) is 11.1 Å². The van der Waals surface area contributed by atoms with Crippen molar-refractivity contribution in [2.75, 3.05) is 6.54 Å². The van der Waals surface area contributed by atoms with Crippen LogP contribution in [0.5, 0.6) is 0 Å². The molecule has 0 aliphatic carbocycles. The predicted octanol–water partition coefficient (Wildman–Crippen LogP) is -0.0122. The van der Waals surface area contributed by atoms with Crippen LogP contribution in [0.2, 0.25) is 0 Å². The molecule has 2 heterocycles. The summed E-state index contributed by atoms with van der Waals surface area (Å²) >= 11 is 1.33. The Morgan fingerprint density at radius 2 is 2.64 bits per heavy atom. The van der Waals surface area contributed by atoms with Gasteiger partial charge in [0.2, 0.25) is 5.91 Å². The molecule has 1 atom stereocenters. The van der Waals surface area contributed by atoms with Crippen molar-refractivity contribution in [1.82, 2.24) is 14.5 Å². The lowest BCUT2D eigenvalue weighted by molar-refractivity contribution is -0.122. The number of amides is 1. The second-order valence-corrected chi connectivity index (χ2v) is 4.04. The first kappa shape index (κ1) is 9.54. The van der Waals surface area contributed by atoms with Gasteiger partial charge in [0.1, 0.15) is 0 Å². The van der Waals surface area contributed by atoms with E-state index in [2.05, 4.69) is 14.5 Å². The van der Waals surface area contributed by atoms with Crippen LogP contribution in [0, 0.1) is 0 Å². The van der Waals surface area contributed by atoms with E-state index in [9.17, 15) is 4.79 Å². The van der Waals surface area contributed by atoms with Crippen LogP contribution >= 0.6 is 11.5 Å². The molecule has 1 aromatic heterocycles. The summed E-state index contributed by atoms with van der Waals surface area (Å²) in [7, 11) is 0. The molecule has 0 saturated carbocycles. The lowest BCUT2D eigenvalue weighted by Crippen LogP contribution is -2.39. The fourth-order valence-corrected chi connectivity index (χ4v) is 2.24. The molecule has 0 bridgehead atoms. The Bertz CT molecular complexity index is 313. The van der Waals surface area contributed by atoms with E-state index in [1.165, 1.54) is 11.5 Å². The number of hydrogen-bond donors (Lipinski definition) is 1. The fraction of sp³-hybridized carbons (Fsp3) is 0.625. The van der Waals surface area contributed by atoms with Gasteiger partial charge in [0.25, 0.3) is 0 Å². The number of primary amides is 1. The van der Waals surface area contributed by atoms with Crippen molar-refractivity contribution in [2.45, 2.75) is 25.4 Å². The lowest BCUT2D eigenvalue weighted by Gasteiger charge is -2.19. The van der Waals surface area contributed by atoms with E-state index >= 15 is 0 Å². The van der Waals surface area contributed by atoms with Crippen LogP contribution in [-0.2, 0) is 11.3 Å². The Labute approximate surface area is 86.1 Å². The van der Waals surface area contributed by atoms with E-state index in [4.69, 9.17) is 5.73 Å². The largest absolute Gasteiger partial charge is 0.368 e. The van der Waals surface area contributed by atoms with Crippen LogP contribution in [0.15, 0.2) is 5.38 Å². The van der Waals surface area contributed by atoms with Gasteiger partial charge in [-0.25, -0.2) is 0 Å². The smallest absolute Gasteiger partial charge is 0.234 e. The first-order valence-corrected chi connectivity index (χ1v) is 5.40. The van der Waals surface area contributed by atoms with E-state index in [1.54, 1.807) is 0 Å². The maximum atomic E-state index is 11.1. The van der Waals surface area contributed by atoms with Crippen LogP contribution in [0.1, 0.15) is 18.5 Å². The molecule has 2 rings (SSSR count). The molecule has 0 aromatic carbocycles. The highest BCUT2D eigenvalue weighted by Gasteiger charge is 2.29. The van der Waals surface area contributed by atoms with Gasteiger partial charge in [-0.2, -0.15) is 0 Å². The second-order valence-electron chi connectivity index (χ2n) is 3.43. The number of nitrogens with zero attached hydrogens (tertiary/aromatic N) is 3. The molecular formula is C8H12N4OS. The van der Waals surface area contributed by atoms with Gasteiger partial charge >= 0.3 is 0 Å². The SMILES string of the molecule is NC(=O)[C@@H]1CCCN1Cc1csnn1. The zero-order chi connectivity index (χ0) is 9.97. The van der Waals surface area contributed by atoms with Crippen molar-refractivity contribution < 1.29 is 4.79 Å². The van der Waals surface area contributed by atoms with E-state index in [1.807, 2.05) is 5.38 Å². The summed E-state index contributed by atoms with van der Waals surface area (Å²) < 4.78 is 3.78. The molecule has 0 spiro atoms. The highest BCUT2D eigenvalue weighted by Crippen LogP contribution is 2.19. The van der Waals surface area contributed by atoms with Crippen molar-refractivity contribution in [2.24, 2.45) is 5.73 Å². The van der Waals surface area contributed by atoms with Crippen molar-refractivity contribution in [1.29, 1.82) is 0 Å². The summed E-state index contributed by atoms with van der Waals surface area (Å²) in [6.45, 7) is 1.61. The van der Waals surface area contributed by atoms with Crippen LogP contribution in [-0.4, -0.2) is 33.0 Å².